The van der Waals surface area contributed by atoms with E-state index >= 15 is 0 Å². The highest BCUT2D eigenvalue weighted by Crippen LogP contribution is 2.25. The third-order valence-corrected chi connectivity index (χ3v) is 2.41. The molecule has 0 aromatic rings. The summed E-state index contributed by atoms with van der Waals surface area (Å²) in [5.74, 6) is -0.920. The van der Waals surface area contributed by atoms with Gasteiger partial charge >= 0.3 is 5.97 Å². The summed E-state index contributed by atoms with van der Waals surface area (Å²) in [5.41, 5.74) is -1.01. The molecule has 0 saturated carbocycles. The van der Waals surface area contributed by atoms with Gasteiger partial charge in [0.2, 0.25) is 0 Å². The van der Waals surface area contributed by atoms with Crippen LogP contribution in [0.15, 0.2) is 12.2 Å². The summed E-state index contributed by atoms with van der Waals surface area (Å²) in [6.07, 6.45) is 7.84. The number of carbonyl (C=O) groups is 1. The smallest absolute Gasteiger partial charge is 0.306 e. The zero-order chi connectivity index (χ0) is 9.73. The fourth-order valence-electron chi connectivity index (χ4n) is 1.68. The zero-order valence-corrected chi connectivity index (χ0v) is 7.70. The minimum atomic E-state index is -1.01. The van der Waals surface area contributed by atoms with E-state index in [0.29, 0.717) is 12.8 Å². The molecule has 0 saturated heterocycles. The van der Waals surface area contributed by atoms with Gasteiger partial charge in [-0.3, -0.25) is 4.79 Å². The van der Waals surface area contributed by atoms with Crippen molar-refractivity contribution in [3.05, 3.63) is 12.2 Å². The minimum Gasteiger partial charge on any atom is -0.481 e. The van der Waals surface area contributed by atoms with Crippen molar-refractivity contribution in [1.29, 1.82) is 0 Å². The van der Waals surface area contributed by atoms with E-state index in [4.69, 9.17) is 5.11 Å². The number of aliphatic carboxylic acids is 1. The third kappa shape index (κ3) is 3.59. The highest BCUT2D eigenvalue weighted by molar-refractivity contribution is 5.68. The Balaban J connectivity index is 2.57. The third-order valence-electron chi connectivity index (χ3n) is 2.41. The molecule has 0 fully saturated rings. The Bertz CT molecular complexity index is 210. The van der Waals surface area contributed by atoms with E-state index in [-0.39, 0.29) is 6.42 Å². The van der Waals surface area contributed by atoms with Gasteiger partial charge in [0.15, 0.2) is 0 Å². The summed E-state index contributed by atoms with van der Waals surface area (Å²) in [6, 6.07) is 0. The maximum Gasteiger partial charge on any atom is 0.306 e. The van der Waals surface area contributed by atoms with Crippen LogP contribution in [0.2, 0.25) is 0 Å². The lowest BCUT2D eigenvalue weighted by molar-refractivity contribution is -0.142. The molecule has 0 aromatic heterocycles. The molecule has 0 aromatic carbocycles. The Hall–Kier alpha value is -0.830. The van der Waals surface area contributed by atoms with Crippen LogP contribution in [0.4, 0.5) is 0 Å². The molecule has 1 aliphatic carbocycles. The van der Waals surface area contributed by atoms with E-state index in [9.17, 15) is 9.90 Å². The Kier molecular flexibility index (Phi) is 3.48. The van der Waals surface area contributed by atoms with Crippen molar-refractivity contribution in [3.8, 4) is 0 Å². The van der Waals surface area contributed by atoms with Crippen LogP contribution < -0.4 is 0 Å². The molecule has 0 aliphatic heterocycles. The molecule has 0 heterocycles. The molecule has 2 N–H and O–H groups in total. The number of allylic oxidation sites excluding steroid dienone is 1. The number of hydrogen-bond donors (Lipinski definition) is 2. The molecule has 0 amide bonds. The Morgan fingerprint density at radius 1 is 1.38 bits per heavy atom. The molecule has 1 unspecified atom stereocenters. The van der Waals surface area contributed by atoms with E-state index in [0.717, 1.165) is 19.3 Å². The molecule has 0 radical (unpaired) electrons. The van der Waals surface area contributed by atoms with Crippen LogP contribution in [0.25, 0.3) is 0 Å². The van der Waals surface area contributed by atoms with Crippen molar-refractivity contribution in [1.82, 2.24) is 0 Å². The van der Waals surface area contributed by atoms with Gasteiger partial charge in [-0.15, -0.1) is 0 Å². The second-order valence-electron chi connectivity index (χ2n) is 3.72. The van der Waals surface area contributed by atoms with Crippen LogP contribution in [0, 0.1) is 0 Å². The summed E-state index contributed by atoms with van der Waals surface area (Å²) in [6.45, 7) is 0. The van der Waals surface area contributed by atoms with E-state index in [2.05, 4.69) is 0 Å². The second kappa shape index (κ2) is 4.42. The lowest BCUT2D eigenvalue weighted by Gasteiger charge is -2.26. The molecule has 1 aliphatic rings. The number of rotatable bonds is 2. The van der Waals surface area contributed by atoms with Gasteiger partial charge < -0.3 is 10.2 Å². The summed E-state index contributed by atoms with van der Waals surface area (Å²) in [7, 11) is 0. The molecule has 3 heteroatoms. The topological polar surface area (TPSA) is 57.5 Å². The van der Waals surface area contributed by atoms with Crippen molar-refractivity contribution in [3.63, 3.8) is 0 Å². The molecular formula is C10H16O3. The van der Waals surface area contributed by atoms with Gasteiger partial charge in [0.25, 0.3) is 0 Å². The van der Waals surface area contributed by atoms with Crippen molar-refractivity contribution >= 4 is 5.97 Å². The van der Waals surface area contributed by atoms with Gasteiger partial charge in [0.1, 0.15) is 0 Å². The highest BCUT2D eigenvalue weighted by Gasteiger charge is 2.28. The lowest BCUT2D eigenvalue weighted by atomic mass is 9.87. The van der Waals surface area contributed by atoms with Crippen molar-refractivity contribution < 1.29 is 15.0 Å². The summed E-state index contributed by atoms with van der Waals surface area (Å²) >= 11 is 0. The monoisotopic (exact) mass is 184 g/mol. The molecule has 3 nitrogen and oxygen atoms in total. The maximum atomic E-state index is 10.5. The molecule has 74 valence electrons. The summed E-state index contributed by atoms with van der Waals surface area (Å²) in [4.78, 5) is 10.5. The maximum absolute atomic E-state index is 10.5. The number of hydrogen-bond acceptors (Lipinski definition) is 2. The zero-order valence-electron chi connectivity index (χ0n) is 7.70. The molecule has 0 bridgehead atoms. The van der Waals surface area contributed by atoms with Gasteiger partial charge in [0.05, 0.1) is 12.0 Å². The Morgan fingerprint density at radius 3 is 2.85 bits per heavy atom. The van der Waals surface area contributed by atoms with Gasteiger partial charge in [-0.1, -0.05) is 18.6 Å². The van der Waals surface area contributed by atoms with Crippen LogP contribution in [0.5, 0.6) is 0 Å². The van der Waals surface area contributed by atoms with Gasteiger partial charge in [-0.2, -0.15) is 0 Å². The summed E-state index contributed by atoms with van der Waals surface area (Å²) < 4.78 is 0. The predicted octanol–water partition coefficient (Wildman–Crippen LogP) is 1.71. The van der Waals surface area contributed by atoms with Gasteiger partial charge in [-0.25, -0.2) is 0 Å². The van der Waals surface area contributed by atoms with E-state index in [1.807, 2.05) is 12.2 Å². The van der Waals surface area contributed by atoms with Gasteiger partial charge in [-0.05, 0) is 25.7 Å². The normalized spacial score (nSPS) is 31.8. The highest BCUT2D eigenvalue weighted by atomic mass is 16.4. The van der Waals surface area contributed by atoms with Crippen LogP contribution in [-0.4, -0.2) is 21.8 Å². The van der Waals surface area contributed by atoms with Crippen LogP contribution in [0.1, 0.15) is 38.5 Å². The number of aliphatic hydroxyl groups is 1. The quantitative estimate of drug-likeness (QED) is 0.642. The Labute approximate surface area is 78.1 Å². The standard InChI is InChI=1S/C10H16O3/c11-9(12)8-10(13)6-4-2-1-3-5-7-10/h2,4,13H,1,3,5-8H2,(H,11,12)/b4-2+. The van der Waals surface area contributed by atoms with E-state index in [1.54, 1.807) is 0 Å². The first-order chi connectivity index (χ1) is 6.12. The van der Waals surface area contributed by atoms with E-state index in [1.165, 1.54) is 0 Å². The molecule has 0 spiro atoms. The fraction of sp³-hybridized carbons (Fsp3) is 0.700. The number of carboxylic acids is 1. The predicted molar refractivity (Wildman–Crippen MR) is 49.4 cm³/mol. The first-order valence-corrected chi connectivity index (χ1v) is 4.72. The van der Waals surface area contributed by atoms with Crippen LogP contribution >= 0.6 is 0 Å². The van der Waals surface area contributed by atoms with Crippen molar-refractivity contribution in [2.45, 2.75) is 44.1 Å². The lowest BCUT2D eigenvalue weighted by Crippen LogP contribution is -2.31. The largest absolute Gasteiger partial charge is 0.481 e. The summed E-state index contributed by atoms with van der Waals surface area (Å²) in [5, 5.41) is 18.5. The SMILES string of the molecule is O=C(O)CC1(O)C/C=C/CCCC1. The molecular weight excluding hydrogens is 168 g/mol. The van der Waals surface area contributed by atoms with E-state index < -0.39 is 11.6 Å². The second-order valence-corrected chi connectivity index (χ2v) is 3.72. The Morgan fingerprint density at radius 2 is 2.15 bits per heavy atom. The first kappa shape index (κ1) is 10.3. The average molecular weight is 184 g/mol. The van der Waals surface area contributed by atoms with Gasteiger partial charge in [0, 0.05) is 0 Å². The minimum absolute atomic E-state index is 0.142. The fourth-order valence-corrected chi connectivity index (χ4v) is 1.68. The van der Waals surface area contributed by atoms with Crippen LogP contribution in [0.3, 0.4) is 0 Å². The van der Waals surface area contributed by atoms with Crippen molar-refractivity contribution in [2.75, 3.05) is 0 Å². The van der Waals surface area contributed by atoms with Crippen molar-refractivity contribution in [2.24, 2.45) is 0 Å². The van der Waals surface area contributed by atoms with Crippen LogP contribution in [-0.2, 0) is 4.79 Å². The molecule has 13 heavy (non-hydrogen) atoms. The average Bonchev–Trinajstić information content (AvgIpc) is 1.97. The molecule has 1 rings (SSSR count). The first-order valence-electron chi connectivity index (χ1n) is 4.72. The molecule has 1 atom stereocenters. The number of carboxylic acid groups (broad SMARTS) is 1.